The Morgan fingerprint density at radius 2 is 1.91 bits per heavy atom. The number of rotatable bonds is 7. The van der Waals surface area contributed by atoms with Gasteiger partial charge in [-0.2, -0.15) is 4.98 Å². The molecule has 11 nitrogen and oxygen atoms in total. The van der Waals surface area contributed by atoms with Crippen LogP contribution in [0, 0.1) is 5.92 Å². The first-order valence-corrected chi connectivity index (χ1v) is 11.2. The predicted molar refractivity (Wildman–Crippen MR) is 122 cm³/mol. The average Bonchev–Trinajstić information content (AvgIpc) is 2.80. The number of nitrogens with two attached hydrogens (primary N) is 1. The minimum Gasteiger partial charge on any atom is -0.474 e. The molecule has 178 valence electrons. The number of hydrogen-bond acceptors (Lipinski definition) is 10. The summed E-state index contributed by atoms with van der Waals surface area (Å²) in [6, 6.07) is 1.80. The van der Waals surface area contributed by atoms with Crippen LogP contribution in [-0.2, 0) is 9.53 Å². The number of anilines is 2. The Balaban J connectivity index is 1.47. The van der Waals surface area contributed by atoms with Gasteiger partial charge in [0.1, 0.15) is 12.2 Å². The van der Waals surface area contributed by atoms with E-state index in [0.717, 1.165) is 0 Å². The third kappa shape index (κ3) is 5.31. The van der Waals surface area contributed by atoms with Crippen molar-refractivity contribution in [3.8, 4) is 17.1 Å². The van der Waals surface area contributed by atoms with Gasteiger partial charge in [-0.1, -0.05) is 13.8 Å². The largest absolute Gasteiger partial charge is 0.474 e. The lowest BCUT2D eigenvalue weighted by atomic mass is 9.87. The quantitative estimate of drug-likeness (QED) is 0.612. The highest BCUT2D eigenvalue weighted by Gasteiger charge is 2.38. The first-order chi connectivity index (χ1) is 15.8. The van der Waals surface area contributed by atoms with Crippen LogP contribution in [0.3, 0.4) is 0 Å². The molecule has 0 aromatic carbocycles. The summed E-state index contributed by atoms with van der Waals surface area (Å²) in [6.07, 6.45) is 3.52. The summed E-state index contributed by atoms with van der Waals surface area (Å²) in [6.45, 7) is 6.26. The molecule has 11 heteroatoms. The van der Waals surface area contributed by atoms with Crippen LogP contribution in [0.1, 0.15) is 26.7 Å². The first-order valence-electron chi connectivity index (χ1n) is 11.2. The molecule has 1 atom stereocenters. The van der Waals surface area contributed by atoms with Crippen molar-refractivity contribution in [2.75, 3.05) is 44.0 Å². The number of aromatic nitrogens is 4. The summed E-state index contributed by atoms with van der Waals surface area (Å²) in [5, 5.41) is 10.1. The summed E-state index contributed by atoms with van der Waals surface area (Å²) in [4.78, 5) is 33.5. The number of nitrogens with zero attached hydrogens (tertiary/aromatic N) is 6. The number of aliphatic hydroxyl groups excluding tert-OH is 1. The molecule has 2 fully saturated rings. The van der Waals surface area contributed by atoms with Crippen molar-refractivity contribution >= 4 is 17.8 Å². The minimum absolute atomic E-state index is 0.0291. The molecule has 1 saturated carbocycles. The molecule has 4 rings (SSSR count). The number of amides is 1. The maximum atomic E-state index is 12.4. The summed E-state index contributed by atoms with van der Waals surface area (Å²) in [5.74, 6) is 0.835. The number of hydrogen-bond donors (Lipinski definition) is 2. The first kappa shape index (κ1) is 23.1. The number of carbonyl (C=O) groups excluding carboxylic acids is 1. The second-order valence-corrected chi connectivity index (χ2v) is 8.82. The predicted octanol–water partition coefficient (Wildman–Crippen LogP) is 0.738. The Kier molecular flexibility index (Phi) is 6.89. The Bertz CT molecular complexity index is 960. The third-order valence-electron chi connectivity index (χ3n) is 6.09. The van der Waals surface area contributed by atoms with Gasteiger partial charge >= 0.3 is 0 Å². The Labute approximate surface area is 193 Å². The van der Waals surface area contributed by atoms with Crippen molar-refractivity contribution in [3.05, 3.63) is 18.5 Å². The van der Waals surface area contributed by atoms with Crippen LogP contribution < -0.4 is 15.4 Å². The number of morpholine rings is 1. The number of aliphatic hydroxyl groups is 1. The van der Waals surface area contributed by atoms with Gasteiger partial charge in [0, 0.05) is 63.0 Å². The van der Waals surface area contributed by atoms with E-state index >= 15 is 0 Å². The number of ether oxygens (including phenoxy) is 2. The van der Waals surface area contributed by atoms with E-state index in [2.05, 4.69) is 24.8 Å². The second-order valence-electron chi connectivity index (χ2n) is 8.82. The molecule has 2 aromatic rings. The zero-order valence-electron chi connectivity index (χ0n) is 19.2. The zero-order valence-corrected chi connectivity index (χ0v) is 19.2. The van der Waals surface area contributed by atoms with Gasteiger partial charge in [0.2, 0.25) is 17.8 Å². The van der Waals surface area contributed by atoms with Crippen molar-refractivity contribution < 1.29 is 19.4 Å². The van der Waals surface area contributed by atoms with Crippen LogP contribution in [0.5, 0.6) is 5.88 Å². The lowest BCUT2D eigenvalue weighted by Gasteiger charge is -2.41. The molecule has 1 amide bonds. The molecule has 1 saturated heterocycles. The third-order valence-corrected chi connectivity index (χ3v) is 6.09. The van der Waals surface area contributed by atoms with Gasteiger partial charge in [0.15, 0.2) is 0 Å². The molecule has 1 aliphatic heterocycles. The Morgan fingerprint density at radius 3 is 2.55 bits per heavy atom. The standard InChI is InChI=1S/C22H31N7O4/c1-13(2)19(30)20(31)28(3)15-8-16(9-15)33-18-10-17(14-11-24-21(23)25-12-14)26-22(27-18)29-4-6-32-7-5-29/h10-13,15-16,19,30H,4-9H2,1-3H3,(H2,23,24,25)/t15-,16-,19?. The zero-order chi connectivity index (χ0) is 23.5. The van der Waals surface area contributed by atoms with E-state index in [9.17, 15) is 9.90 Å². The second kappa shape index (κ2) is 9.84. The smallest absolute Gasteiger partial charge is 0.251 e. The molecule has 1 aliphatic carbocycles. The normalized spacial score (nSPS) is 21.4. The lowest BCUT2D eigenvalue weighted by molar-refractivity contribution is -0.146. The summed E-state index contributed by atoms with van der Waals surface area (Å²) >= 11 is 0. The molecule has 0 spiro atoms. The van der Waals surface area contributed by atoms with E-state index in [1.54, 1.807) is 30.4 Å². The monoisotopic (exact) mass is 457 g/mol. The van der Waals surface area contributed by atoms with Gasteiger partial charge in [0.25, 0.3) is 5.91 Å². The molecule has 3 heterocycles. The van der Waals surface area contributed by atoms with Gasteiger partial charge in [-0.3, -0.25) is 4.79 Å². The van der Waals surface area contributed by atoms with Crippen LogP contribution in [0.2, 0.25) is 0 Å². The average molecular weight is 458 g/mol. The fraction of sp³-hybridized carbons (Fsp3) is 0.591. The van der Waals surface area contributed by atoms with Crippen molar-refractivity contribution in [1.29, 1.82) is 0 Å². The van der Waals surface area contributed by atoms with Crippen LogP contribution in [0.4, 0.5) is 11.9 Å². The highest BCUT2D eigenvalue weighted by molar-refractivity contribution is 5.81. The van der Waals surface area contributed by atoms with Gasteiger partial charge in [-0.15, -0.1) is 0 Å². The lowest BCUT2D eigenvalue weighted by Crippen LogP contribution is -2.53. The van der Waals surface area contributed by atoms with Gasteiger partial charge in [-0.05, 0) is 5.92 Å². The van der Waals surface area contributed by atoms with E-state index in [1.165, 1.54) is 0 Å². The van der Waals surface area contributed by atoms with Crippen LogP contribution in [0.25, 0.3) is 11.3 Å². The molecule has 2 aliphatic rings. The molecule has 3 N–H and O–H groups in total. The summed E-state index contributed by atoms with van der Waals surface area (Å²) in [7, 11) is 1.73. The van der Waals surface area contributed by atoms with Crippen molar-refractivity contribution in [2.24, 2.45) is 5.92 Å². The molecular weight excluding hydrogens is 426 g/mol. The van der Waals surface area contributed by atoms with Gasteiger partial charge in [0.05, 0.1) is 18.9 Å². The van der Waals surface area contributed by atoms with Gasteiger partial charge < -0.3 is 30.1 Å². The maximum Gasteiger partial charge on any atom is 0.251 e. The molecule has 1 unspecified atom stereocenters. The highest BCUT2D eigenvalue weighted by atomic mass is 16.5. The fourth-order valence-electron chi connectivity index (χ4n) is 3.79. The van der Waals surface area contributed by atoms with E-state index in [4.69, 9.17) is 15.2 Å². The van der Waals surface area contributed by atoms with Crippen molar-refractivity contribution in [3.63, 3.8) is 0 Å². The van der Waals surface area contributed by atoms with Crippen molar-refractivity contribution in [1.82, 2.24) is 24.8 Å². The van der Waals surface area contributed by atoms with Crippen LogP contribution in [-0.4, -0.2) is 87.5 Å². The topological polar surface area (TPSA) is 140 Å². The van der Waals surface area contributed by atoms with Gasteiger partial charge in [-0.25, -0.2) is 15.0 Å². The molecule has 0 radical (unpaired) electrons. The maximum absolute atomic E-state index is 12.4. The number of nitrogen functional groups attached to an aromatic ring is 1. The summed E-state index contributed by atoms with van der Waals surface area (Å²) < 4.78 is 11.6. The molecule has 2 aromatic heterocycles. The van der Waals surface area contributed by atoms with E-state index in [-0.39, 0.29) is 29.9 Å². The van der Waals surface area contributed by atoms with E-state index in [1.807, 2.05) is 13.8 Å². The highest BCUT2D eigenvalue weighted by Crippen LogP contribution is 2.31. The number of carbonyl (C=O) groups is 1. The number of likely N-dealkylation sites (N-methyl/N-ethyl adjacent to an activating group) is 1. The van der Waals surface area contributed by atoms with Crippen LogP contribution in [0.15, 0.2) is 18.5 Å². The van der Waals surface area contributed by atoms with Crippen LogP contribution >= 0.6 is 0 Å². The molecular formula is C22H31N7O4. The SMILES string of the molecule is CC(C)C(O)C(=O)N(C)[C@H]1C[C@H](Oc2cc(-c3cnc(N)nc3)nc(N3CCOCC3)n2)C1. The van der Waals surface area contributed by atoms with Crippen molar-refractivity contribution in [2.45, 2.75) is 44.9 Å². The molecule has 0 bridgehead atoms. The Hall–Kier alpha value is -3.05. The summed E-state index contributed by atoms with van der Waals surface area (Å²) in [5.41, 5.74) is 6.98. The molecule has 33 heavy (non-hydrogen) atoms. The Morgan fingerprint density at radius 1 is 1.24 bits per heavy atom. The fourth-order valence-corrected chi connectivity index (χ4v) is 3.79. The van der Waals surface area contributed by atoms with E-state index in [0.29, 0.717) is 62.2 Å². The minimum atomic E-state index is -0.988. The van der Waals surface area contributed by atoms with E-state index < -0.39 is 6.10 Å².